The van der Waals surface area contributed by atoms with E-state index in [-0.39, 0.29) is 24.3 Å². The van der Waals surface area contributed by atoms with Crippen molar-refractivity contribution in [3.8, 4) is 17.6 Å². The van der Waals surface area contributed by atoms with Gasteiger partial charge in [0.2, 0.25) is 0 Å². The molecule has 1 aliphatic carbocycles. The number of imide groups is 1. The zero-order chi connectivity index (χ0) is 27.7. The van der Waals surface area contributed by atoms with Gasteiger partial charge in [-0.15, -0.1) is 0 Å². The van der Waals surface area contributed by atoms with Gasteiger partial charge in [0.25, 0.3) is 11.8 Å². The largest absolute Gasteiger partial charge is 0.497 e. The minimum absolute atomic E-state index is 0.0518. The first-order valence-corrected chi connectivity index (χ1v) is 12.9. The molecule has 3 N–H and O–H groups in total. The number of amides is 4. The van der Waals surface area contributed by atoms with E-state index in [1.165, 1.54) is 12.0 Å². The number of amidine groups is 1. The summed E-state index contributed by atoms with van der Waals surface area (Å²) in [6.45, 7) is 5.50. The molecule has 1 aromatic carbocycles. The lowest BCUT2D eigenvalue weighted by molar-refractivity contribution is -0.122. The summed E-state index contributed by atoms with van der Waals surface area (Å²) >= 11 is 0. The lowest BCUT2D eigenvalue weighted by Crippen LogP contribution is -2.54. The Morgan fingerprint density at radius 2 is 2.00 bits per heavy atom. The van der Waals surface area contributed by atoms with Crippen LogP contribution < -0.4 is 15.4 Å². The van der Waals surface area contributed by atoms with E-state index in [0.29, 0.717) is 23.7 Å². The van der Waals surface area contributed by atoms with Crippen LogP contribution in [0.4, 0.5) is 4.79 Å². The summed E-state index contributed by atoms with van der Waals surface area (Å²) in [7, 11) is 3.60. The molecular weight excluding hydrogens is 500 g/mol. The van der Waals surface area contributed by atoms with Gasteiger partial charge < -0.3 is 30.0 Å². The Labute approximate surface area is 227 Å². The maximum atomic E-state index is 13.1. The maximum absolute atomic E-state index is 13.1. The van der Waals surface area contributed by atoms with Crippen LogP contribution in [0.15, 0.2) is 47.2 Å². The topological polar surface area (TPSA) is 127 Å². The normalized spacial score (nSPS) is 27.0. The molecule has 4 aliphatic rings. The van der Waals surface area contributed by atoms with E-state index in [1.54, 1.807) is 12.1 Å². The second kappa shape index (κ2) is 10.5. The van der Waals surface area contributed by atoms with Gasteiger partial charge in [-0.25, -0.2) is 4.79 Å². The molecule has 204 valence electrons. The second-order valence-electron chi connectivity index (χ2n) is 10.3. The predicted molar refractivity (Wildman–Crippen MR) is 143 cm³/mol. The van der Waals surface area contributed by atoms with Crippen LogP contribution in [0, 0.1) is 23.7 Å². The van der Waals surface area contributed by atoms with Crippen molar-refractivity contribution in [2.24, 2.45) is 17.0 Å². The average Bonchev–Trinajstić information content (AvgIpc) is 3.38. The third-order valence-electron chi connectivity index (χ3n) is 7.67. The van der Waals surface area contributed by atoms with E-state index >= 15 is 0 Å². The number of methoxy groups -OCH3 is 1. The summed E-state index contributed by atoms with van der Waals surface area (Å²) in [5.41, 5.74) is 0.556. The van der Waals surface area contributed by atoms with E-state index in [9.17, 15) is 19.6 Å². The summed E-state index contributed by atoms with van der Waals surface area (Å²) in [5.74, 6) is 6.12. The number of allylic oxidation sites excluding steroid dienone is 2. The zero-order valence-electron chi connectivity index (χ0n) is 22.2. The van der Waals surface area contributed by atoms with Crippen LogP contribution in [0.2, 0.25) is 0 Å². The van der Waals surface area contributed by atoms with Crippen molar-refractivity contribution in [3.63, 3.8) is 0 Å². The van der Waals surface area contributed by atoms with E-state index < -0.39 is 17.5 Å². The number of piperazine rings is 1. The Hall–Kier alpha value is -4.30. The SMILES string of the molecule is COc1ccc2c(c1)C(=O)N(CC1(C#CC3C=CC(C(=NO)N4CCN(C)CC4)=CC3C)NC(=O)NC1=O)C2. The molecule has 0 spiro atoms. The van der Waals surface area contributed by atoms with E-state index in [4.69, 9.17) is 4.74 Å². The third kappa shape index (κ3) is 5.07. The number of likely N-dealkylation sites (N-methyl/N-ethyl adjacent to an activating group) is 1. The number of ether oxygens (including phenoxy) is 1. The summed E-state index contributed by atoms with van der Waals surface area (Å²) in [4.78, 5) is 44.1. The summed E-state index contributed by atoms with van der Waals surface area (Å²) < 4.78 is 5.24. The number of carbonyl (C=O) groups excluding carboxylic acids is 3. The van der Waals surface area contributed by atoms with Crippen LogP contribution in [-0.2, 0) is 11.3 Å². The van der Waals surface area contributed by atoms with Crippen molar-refractivity contribution in [2.75, 3.05) is 46.9 Å². The smallest absolute Gasteiger partial charge is 0.323 e. The minimum atomic E-state index is -1.58. The number of hydrogen-bond acceptors (Lipinski definition) is 7. The van der Waals surface area contributed by atoms with Crippen LogP contribution in [-0.4, -0.2) is 96.0 Å². The van der Waals surface area contributed by atoms with Crippen molar-refractivity contribution < 1.29 is 24.3 Å². The fourth-order valence-electron chi connectivity index (χ4n) is 5.29. The van der Waals surface area contributed by atoms with Crippen LogP contribution in [0.25, 0.3) is 0 Å². The number of carbonyl (C=O) groups is 3. The number of hydrogen-bond donors (Lipinski definition) is 3. The number of nitrogens with zero attached hydrogens (tertiary/aromatic N) is 4. The fourth-order valence-corrected chi connectivity index (χ4v) is 5.29. The number of fused-ring (bicyclic) bond motifs is 1. The van der Waals surface area contributed by atoms with Gasteiger partial charge in [-0.1, -0.05) is 48.2 Å². The van der Waals surface area contributed by atoms with Crippen molar-refractivity contribution >= 4 is 23.7 Å². The minimum Gasteiger partial charge on any atom is -0.497 e. The molecule has 3 unspecified atom stereocenters. The molecule has 4 amide bonds. The first-order chi connectivity index (χ1) is 18.7. The van der Waals surface area contributed by atoms with Crippen molar-refractivity contribution in [1.82, 2.24) is 25.3 Å². The first-order valence-electron chi connectivity index (χ1n) is 12.9. The molecule has 3 heterocycles. The van der Waals surface area contributed by atoms with Crippen LogP contribution in [0.3, 0.4) is 0 Å². The van der Waals surface area contributed by atoms with Gasteiger partial charge in [0.05, 0.1) is 13.7 Å². The number of rotatable bonds is 4. The highest BCUT2D eigenvalue weighted by molar-refractivity contribution is 6.10. The van der Waals surface area contributed by atoms with Crippen molar-refractivity contribution in [3.05, 3.63) is 53.1 Å². The number of nitrogens with one attached hydrogen (secondary N) is 2. The van der Waals surface area contributed by atoms with E-state index in [0.717, 1.165) is 37.3 Å². The molecule has 39 heavy (non-hydrogen) atoms. The molecule has 1 aromatic rings. The molecule has 3 aliphatic heterocycles. The van der Waals surface area contributed by atoms with Gasteiger partial charge in [0.15, 0.2) is 11.4 Å². The van der Waals surface area contributed by atoms with Gasteiger partial charge in [0, 0.05) is 49.8 Å². The van der Waals surface area contributed by atoms with Gasteiger partial charge >= 0.3 is 6.03 Å². The number of oxime groups is 1. The summed E-state index contributed by atoms with van der Waals surface area (Å²) in [6.07, 6.45) is 5.79. The zero-order valence-corrected chi connectivity index (χ0v) is 22.2. The van der Waals surface area contributed by atoms with Crippen molar-refractivity contribution in [1.29, 1.82) is 0 Å². The second-order valence-corrected chi connectivity index (χ2v) is 10.3. The highest BCUT2D eigenvalue weighted by atomic mass is 16.5. The van der Waals surface area contributed by atoms with Gasteiger partial charge in [-0.3, -0.25) is 14.9 Å². The van der Waals surface area contributed by atoms with Gasteiger partial charge in [-0.05, 0) is 30.7 Å². The Morgan fingerprint density at radius 3 is 2.64 bits per heavy atom. The molecule has 3 atom stereocenters. The Morgan fingerprint density at radius 1 is 1.23 bits per heavy atom. The molecule has 11 heteroatoms. The number of urea groups is 1. The highest BCUT2D eigenvalue weighted by Gasteiger charge is 2.48. The van der Waals surface area contributed by atoms with E-state index in [2.05, 4.69) is 44.5 Å². The van der Waals surface area contributed by atoms with Crippen LogP contribution in [0.1, 0.15) is 22.8 Å². The number of benzene rings is 1. The molecule has 0 saturated carbocycles. The third-order valence-corrected chi connectivity index (χ3v) is 7.67. The standard InChI is InChI=1S/C28H32N6O5/c1-18-14-20(24(31-38)33-12-10-32(2)11-13-33)5-4-19(18)8-9-28(26(36)29-27(37)30-28)17-34-16-21-6-7-22(39-3)15-23(21)25(34)35/h4-7,14-15,18-19,38H,10-13,16-17H2,1-3H3,(H2,29,30,36,37). The molecule has 0 bridgehead atoms. The van der Waals surface area contributed by atoms with Crippen molar-refractivity contribution in [2.45, 2.75) is 19.0 Å². The molecule has 2 saturated heterocycles. The van der Waals surface area contributed by atoms with Gasteiger partial charge in [-0.2, -0.15) is 0 Å². The molecule has 0 aromatic heterocycles. The van der Waals surface area contributed by atoms with Crippen LogP contribution >= 0.6 is 0 Å². The lowest BCUT2D eigenvalue weighted by Gasteiger charge is -2.35. The first kappa shape index (κ1) is 26.3. The van der Waals surface area contributed by atoms with Gasteiger partial charge in [0.1, 0.15) is 5.75 Å². The predicted octanol–water partition coefficient (Wildman–Crippen LogP) is 1.02. The molecule has 2 fully saturated rings. The average molecular weight is 533 g/mol. The molecule has 11 nitrogen and oxygen atoms in total. The highest BCUT2D eigenvalue weighted by Crippen LogP contribution is 2.29. The maximum Gasteiger partial charge on any atom is 0.323 e. The lowest BCUT2D eigenvalue weighted by atomic mass is 9.86. The van der Waals surface area contributed by atoms with E-state index in [1.807, 2.05) is 31.2 Å². The van der Waals surface area contributed by atoms with Crippen LogP contribution in [0.5, 0.6) is 5.75 Å². The fraction of sp³-hybridized carbons (Fsp3) is 0.429. The molecule has 0 radical (unpaired) electrons. The quantitative estimate of drug-likeness (QED) is 0.132. The monoisotopic (exact) mass is 532 g/mol. The summed E-state index contributed by atoms with van der Waals surface area (Å²) in [5, 5.41) is 18.2. The summed E-state index contributed by atoms with van der Waals surface area (Å²) in [6, 6.07) is 4.63. The molecule has 5 rings (SSSR count). The Bertz CT molecular complexity index is 1350. The Balaban J connectivity index is 1.34. The Kier molecular flexibility index (Phi) is 7.06. The molecular formula is C28H32N6O5.